The smallest absolute Gasteiger partial charge is 0.433 e. The fourth-order valence-electron chi connectivity index (χ4n) is 2.90. The quantitative estimate of drug-likeness (QED) is 0.785. The zero-order chi connectivity index (χ0) is 16.4. The van der Waals surface area contributed by atoms with Crippen LogP contribution in [0, 0.1) is 5.92 Å². The molecule has 0 N–H and O–H groups in total. The molecular formula is C19H25NO3. The van der Waals surface area contributed by atoms with Crippen molar-refractivity contribution in [3.05, 3.63) is 35.4 Å². The molecule has 0 bridgehead atoms. The Morgan fingerprint density at radius 2 is 2.04 bits per heavy atom. The largest absolute Gasteiger partial charge is 0.442 e. The van der Waals surface area contributed by atoms with E-state index in [0.29, 0.717) is 0 Å². The standard InChI is InChI=1S/C19H25NO3/c1-19(2,3)23-18(21)20-11-16-15-7-5-4-6-14(15)10-17(16)22-12-13-8-9-13/h4-7,11,13,16-17H,8-10,12H2,1-3H3/t16?,17-/m0/s1. The third kappa shape index (κ3) is 4.41. The van der Waals surface area contributed by atoms with Gasteiger partial charge in [-0.25, -0.2) is 4.79 Å². The first-order valence-electron chi connectivity index (χ1n) is 8.39. The van der Waals surface area contributed by atoms with Crippen molar-refractivity contribution in [2.45, 2.75) is 57.7 Å². The Morgan fingerprint density at radius 1 is 1.30 bits per heavy atom. The maximum absolute atomic E-state index is 11.8. The maximum atomic E-state index is 11.8. The average Bonchev–Trinajstić information content (AvgIpc) is 3.22. The summed E-state index contributed by atoms with van der Waals surface area (Å²) in [5, 5.41) is 0. The number of amides is 1. The summed E-state index contributed by atoms with van der Waals surface area (Å²) in [6, 6.07) is 8.30. The summed E-state index contributed by atoms with van der Waals surface area (Å²) in [5.74, 6) is 0.750. The number of carbonyl (C=O) groups is 1. The topological polar surface area (TPSA) is 47.9 Å². The minimum atomic E-state index is -0.539. The molecule has 1 aromatic carbocycles. The molecule has 23 heavy (non-hydrogen) atoms. The average molecular weight is 315 g/mol. The van der Waals surface area contributed by atoms with Crippen molar-refractivity contribution >= 4 is 12.3 Å². The molecule has 1 fully saturated rings. The highest BCUT2D eigenvalue weighted by atomic mass is 16.6. The number of aliphatic imine (C=N–C) groups is 1. The summed E-state index contributed by atoms with van der Waals surface area (Å²) in [4.78, 5) is 15.9. The van der Waals surface area contributed by atoms with Gasteiger partial charge in [-0.1, -0.05) is 24.3 Å². The van der Waals surface area contributed by atoms with Crippen LogP contribution in [-0.4, -0.2) is 30.6 Å². The van der Waals surface area contributed by atoms with Gasteiger partial charge in [0.05, 0.1) is 6.10 Å². The fraction of sp³-hybridized carbons (Fsp3) is 0.579. The van der Waals surface area contributed by atoms with Crippen molar-refractivity contribution in [2.75, 3.05) is 6.61 Å². The van der Waals surface area contributed by atoms with Crippen LogP contribution in [0.4, 0.5) is 4.79 Å². The summed E-state index contributed by atoms with van der Waals surface area (Å²) in [6.45, 7) is 6.34. The van der Waals surface area contributed by atoms with Crippen LogP contribution in [0.2, 0.25) is 0 Å². The molecule has 0 saturated heterocycles. The number of benzene rings is 1. The minimum absolute atomic E-state index is 0.0254. The van der Waals surface area contributed by atoms with E-state index in [-0.39, 0.29) is 12.0 Å². The van der Waals surface area contributed by atoms with Gasteiger partial charge in [0.15, 0.2) is 0 Å². The van der Waals surface area contributed by atoms with Gasteiger partial charge in [-0.3, -0.25) is 0 Å². The van der Waals surface area contributed by atoms with Gasteiger partial charge >= 0.3 is 6.09 Å². The number of fused-ring (bicyclic) bond motifs is 1. The number of hydrogen-bond acceptors (Lipinski definition) is 3. The molecule has 0 radical (unpaired) electrons. The molecule has 0 aliphatic heterocycles. The molecule has 3 rings (SSSR count). The predicted octanol–water partition coefficient (Wildman–Crippen LogP) is 4.13. The lowest BCUT2D eigenvalue weighted by molar-refractivity contribution is 0.0480. The van der Waals surface area contributed by atoms with Crippen molar-refractivity contribution in [1.82, 2.24) is 0 Å². The molecule has 1 amide bonds. The monoisotopic (exact) mass is 315 g/mol. The molecule has 2 atom stereocenters. The Bertz CT molecular complexity index is 599. The van der Waals surface area contributed by atoms with Crippen molar-refractivity contribution in [3.8, 4) is 0 Å². The van der Waals surface area contributed by atoms with E-state index < -0.39 is 11.7 Å². The van der Waals surface area contributed by atoms with Gasteiger partial charge in [0.1, 0.15) is 5.60 Å². The van der Waals surface area contributed by atoms with Crippen LogP contribution in [0.1, 0.15) is 50.7 Å². The van der Waals surface area contributed by atoms with Crippen LogP contribution in [0.3, 0.4) is 0 Å². The molecular weight excluding hydrogens is 290 g/mol. The second-order valence-electron chi connectivity index (χ2n) is 7.50. The molecule has 2 aliphatic rings. The summed E-state index contributed by atoms with van der Waals surface area (Å²) in [6.07, 6.45) is 4.67. The molecule has 1 saturated carbocycles. The molecule has 0 heterocycles. The van der Waals surface area contributed by atoms with E-state index in [4.69, 9.17) is 9.47 Å². The highest BCUT2D eigenvalue weighted by molar-refractivity contribution is 5.84. The van der Waals surface area contributed by atoms with E-state index in [2.05, 4.69) is 17.1 Å². The Labute approximate surface area is 137 Å². The lowest BCUT2D eigenvalue weighted by atomic mass is 10.0. The Kier molecular flexibility index (Phi) is 4.53. The van der Waals surface area contributed by atoms with Gasteiger partial charge in [0, 0.05) is 18.7 Å². The van der Waals surface area contributed by atoms with Crippen molar-refractivity contribution in [1.29, 1.82) is 0 Å². The second-order valence-corrected chi connectivity index (χ2v) is 7.50. The molecule has 1 aromatic rings. The van der Waals surface area contributed by atoms with Crippen molar-refractivity contribution in [3.63, 3.8) is 0 Å². The van der Waals surface area contributed by atoms with Gasteiger partial charge in [-0.2, -0.15) is 4.99 Å². The second kappa shape index (κ2) is 6.44. The third-order valence-corrected chi connectivity index (χ3v) is 4.21. The highest BCUT2D eigenvalue weighted by Crippen LogP contribution is 2.36. The Balaban J connectivity index is 1.70. The van der Waals surface area contributed by atoms with Crippen LogP contribution in [0.15, 0.2) is 29.3 Å². The van der Waals surface area contributed by atoms with Crippen LogP contribution in [0.25, 0.3) is 0 Å². The number of ether oxygens (including phenoxy) is 2. The van der Waals surface area contributed by atoms with Gasteiger partial charge in [-0.05, 0) is 57.1 Å². The van der Waals surface area contributed by atoms with E-state index in [1.165, 1.54) is 24.0 Å². The van der Waals surface area contributed by atoms with Crippen molar-refractivity contribution in [2.24, 2.45) is 10.9 Å². The first kappa shape index (κ1) is 16.2. The summed E-state index contributed by atoms with van der Waals surface area (Å²) in [7, 11) is 0. The lowest BCUT2D eigenvalue weighted by Gasteiger charge is -2.19. The zero-order valence-electron chi connectivity index (χ0n) is 14.1. The molecule has 4 nitrogen and oxygen atoms in total. The zero-order valence-corrected chi connectivity index (χ0v) is 14.1. The van der Waals surface area contributed by atoms with E-state index >= 15 is 0 Å². The van der Waals surface area contributed by atoms with Crippen LogP contribution < -0.4 is 0 Å². The van der Waals surface area contributed by atoms with E-state index in [0.717, 1.165) is 18.9 Å². The van der Waals surface area contributed by atoms with Crippen LogP contribution in [0.5, 0.6) is 0 Å². The molecule has 124 valence electrons. The van der Waals surface area contributed by atoms with Gasteiger partial charge in [0.25, 0.3) is 0 Å². The van der Waals surface area contributed by atoms with Crippen LogP contribution in [-0.2, 0) is 15.9 Å². The minimum Gasteiger partial charge on any atom is -0.442 e. The molecule has 4 heteroatoms. The summed E-state index contributed by atoms with van der Waals surface area (Å²) < 4.78 is 11.4. The summed E-state index contributed by atoms with van der Waals surface area (Å²) >= 11 is 0. The first-order valence-corrected chi connectivity index (χ1v) is 8.39. The lowest BCUT2D eigenvalue weighted by Crippen LogP contribution is -2.24. The molecule has 1 unspecified atom stereocenters. The maximum Gasteiger partial charge on any atom is 0.433 e. The Morgan fingerprint density at radius 3 is 2.74 bits per heavy atom. The van der Waals surface area contributed by atoms with Crippen molar-refractivity contribution < 1.29 is 14.3 Å². The van der Waals surface area contributed by atoms with Gasteiger partial charge in [0.2, 0.25) is 0 Å². The molecule has 0 aromatic heterocycles. The number of hydrogen-bond donors (Lipinski definition) is 0. The predicted molar refractivity (Wildman–Crippen MR) is 90.1 cm³/mol. The summed E-state index contributed by atoms with van der Waals surface area (Å²) in [5.41, 5.74) is 1.97. The van der Waals surface area contributed by atoms with E-state index in [9.17, 15) is 4.79 Å². The first-order chi connectivity index (χ1) is 10.9. The van der Waals surface area contributed by atoms with Gasteiger partial charge in [-0.15, -0.1) is 0 Å². The SMILES string of the molecule is CC(C)(C)OC(=O)N=CC1c2ccccc2C[C@@H]1OCC1CC1. The molecule has 2 aliphatic carbocycles. The molecule has 0 spiro atoms. The number of nitrogens with zero attached hydrogens (tertiary/aromatic N) is 1. The number of rotatable bonds is 4. The van der Waals surface area contributed by atoms with Gasteiger partial charge < -0.3 is 9.47 Å². The van der Waals surface area contributed by atoms with E-state index in [1.807, 2.05) is 32.9 Å². The van der Waals surface area contributed by atoms with Crippen LogP contribution >= 0.6 is 0 Å². The fourth-order valence-corrected chi connectivity index (χ4v) is 2.90. The Hall–Kier alpha value is -1.68. The van der Waals surface area contributed by atoms with E-state index in [1.54, 1.807) is 6.21 Å². The number of carbonyl (C=O) groups excluding carboxylic acids is 1. The normalized spacial score (nSPS) is 24.0. The highest BCUT2D eigenvalue weighted by Gasteiger charge is 2.34. The third-order valence-electron chi connectivity index (χ3n) is 4.21.